The average Bonchev–Trinajstić information content (AvgIpc) is 2.97. The molecule has 1 aromatic carbocycles. The molecule has 2 aromatic heterocycles. The van der Waals surface area contributed by atoms with Gasteiger partial charge in [0.05, 0.1) is 9.83 Å². The van der Waals surface area contributed by atoms with Crippen molar-refractivity contribution in [3.05, 3.63) is 55.5 Å². The molecule has 1 unspecified atom stereocenters. The number of nitrogens with one attached hydrogen (secondary N) is 1. The summed E-state index contributed by atoms with van der Waals surface area (Å²) < 4.78 is 2.58. The summed E-state index contributed by atoms with van der Waals surface area (Å²) in [5.41, 5.74) is 2.68. The topological polar surface area (TPSA) is 12.0 Å². The zero-order chi connectivity index (χ0) is 13.4. The molecule has 1 N–H and O–H groups in total. The average molecular weight is 352 g/mol. The molecule has 0 saturated heterocycles. The van der Waals surface area contributed by atoms with Gasteiger partial charge in [0.2, 0.25) is 0 Å². The minimum absolute atomic E-state index is 0.270. The minimum Gasteiger partial charge on any atom is -0.309 e. The van der Waals surface area contributed by atoms with Crippen molar-refractivity contribution in [2.45, 2.75) is 13.0 Å². The Morgan fingerprint density at radius 3 is 2.74 bits per heavy atom. The van der Waals surface area contributed by atoms with Crippen LogP contribution >= 0.6 is 38.6 Å². The number of hydrogen-bond acceptors (Lipinski definition) is 3. The van der Waals surface area contributed by atoms with Gasteiger partial charge in [0, 0.05) is 9.58 Å². The molecule has 0 spiro atoms. The van der Waals surface area contributed by atoms with Crippen molar-refractivity contribution in [3.63, 3.8) is 0 Å². The van der Waals surface area contributed by atoms with Gasteiger partial charge in [-0.1, -0.05) is 18.2 Å². The SMILES string of the molecule is CNC(c1cc(C)c(Br)s1)c1csc2ccccc12. The quantitative estimate of drug-likeness (QED) is 0.671. The van der Waals surface area contributed by atoms with E-state index in [1.54, 1.807) is 0 Å². The molecule has 4 heteroatoms. The van der Waals surface area contributed by atoms with Crippen molar-refractivity contribution in [1.29, 1.82) is 0 Å². The van der Waals surface area contributed by atoms with E-state index in [1.165, 1.54) is 29.9 Å². The van der Waals surface area contributed by atoms with Crippen molar-refractivity contribution >= 4 is 48.7 Å². The number of thiophene rings is 2. The second-order valence-electron chi connectivity index (χ2n) is 4.51. The molecule has 0 saturated carbocycles. The van der Waals surface area contributed by atoms with Crippen LogP contribution in [0, 0.1) is 6.92 Å². The summed E-state index contributed by atoms with van der Waals surface area (Å²) in [7, 11) is 2.03. The van der Waals surface area contributed by atoms with Crippen LogP contribution in [0.1, 0.15) is 22.0 Å². The Balaban J connectivity index is 2.12. The molecular weight excluding hydrogens is 338 g/mol. The second kappa shape index (κ2) is 5.37. The molecule has 0 fully saturated rings. The highest BCUT2D eigenvalue weighted by molar-refractivity contribution is 9.11. The Kier molecular flexibility index (Phi) is 3.76. The molecule has 0 aliphatic carbocycles. The summed E-state index contributed by atoms with van der Waals surface area (Å²) in [5, 5.41) is 7.08. The van der Waals surface area contributed by atoms with Gasteiger partial charge in [0.15, 0.2) is 0 Å². The third-order valence-electron chi connectivity index (χ3n) is 3.27. The number of hydrogen-bond donors (Lipinski definition) is 1. The first-order valence-electron chi connectivity index (χ1n) is 6.10. The van der Waals surface area contributed by atoms with E-state index in [2.05, 4.69) is 63.9 Å². The largest absolute Gasteiger partial charge is 0.309 e. The zero-order valence-electron chi connectivity index (χ0n) is 10.7. The van der Waals surface area contributed by atoms with Gasteiger partial charge in [-0.15, -0.1) is 22.7 Å². The third-order valence-corrected chi connectivity index (χ3v) is 6.45. The van der Waals surface area contributed by atoms with E-state index in [0.717, 1.165) is 0 Å². The highest BCUT2D eigenvalue weighted by Gasteiger charge is 2.18. The van der Waals surface area contributed by atoms with E-state index >= 15 is 0 Å². The first kappa shape index (κ1) is 13.3. The third kappa shape index (κ3) is 2.38. The normalized spacial score (nSPS) is 13.0. The van der Waals surface area contributed by atoms with Gasteiger partial charge in [-0.25, -0.2) is 0 Å². The Hall–Kier alpha value is -0.680. The van der Waals surface area contributed by atoms with Crippen LogP contribution in [0.3, 0.4) is 0 Å². The van der Waals surface area contributed by atoms with Crippen molar-refractivity contribution in [2.75, 3.05) is 7.05 Å². The predicted octanol–water partition coefficient (Wildman–Crippen LogP) is 5.34. The van der Waals surface area contributed by atoms with Crippen LogP contribution in [0.4, 0.5) is 0 Å². The highest BCUT2D eigenvalue weighted by atomic mass is 79.9. The fourth-order valence-electron chi connectivity index (χ4n) is 2.30. The molecule has 2 heterocycles. The van der Waals surface area contributed by atoms with E-state index in [9.17, 15) is 0 Å². The van der Waals surface area contributed by atoms with Crippen LogP contribution in [0.15, 0.2) is 39.5 Å². The van der Waals surface area contributed by atoms with Gasteiger partial charge in [0.25, 0.3) is 0 Å². The molecule has 3 rings (SSSR count). The van der Waals surface area contributed by atoms with Crippen LogP contribution < -0.4 is 5.32 Å². The van der Waals surface area contributed by atoms with Crippen molar-refractivity contribution in [2.24, 2.45) is 0 Å². The smallest absolute Gasteiger partial charge is 0.0731 e. The number of rotatable bonds is 3. The van der Waals surface area contributed by atoms with Gasteiger partial charge < -0.3 is 5.32 Å². The first-order valence-corrected chi connectivity index (χ1v) is 8.59. The fraction of sp³-hybridized carbons (Fsp3) is 0.200. The van der Waals surface area contributed by atoms with E-state index in [4.69, 9.17) is 0 Å². The van der Waals surface area contributed by atoms with E-state index in [1.807, 2.05) is 29.7 Å². The van der Waals surface area contributed by atoms with E-state index in [-0.39, 0.29) is 6.04 Å². The molecule has 19 heavy (non-hydrogen) atoms. The van der Waals surface area contributed by atoms with Gasteiger partial charge >= 0.3 is 0 Å². The molecular formula is C15H14BrNS2. The lowest BCUT2D eigenvalue weighted by atomic mass is 10.0. The molecule has 0 aliphatic rings. The summed E-state index contributed by atoms with van der Waals surface area (Å²) in [5.74, 6) is 0. The zero-order valence-corrected chi connectivity index (χ0v) is 14.0. The van der Waals surface area contributed by atoms with Crippen molar-refractivity contribution in [3.8, 4) is 0 Å². The number of aryl methyl sites for hydroxylation is 1. The lowest BCUT2D eigenvalue weighted by Crippen LogP contribution is -2.15. The van der Waals surface area contributed by atoms with Crippen LogP contribution in [-0.2, 0) is 0 Å². The molecule has 98 valence electrons. The van der Waals surface area contributed by atoms with Gasteiger partial charge in [-0.05, 0) is 63.9 Å². The summed E-state index contributed by atoms with van der Waals surface area (Å²) >= 11 is 7.25. The highest BCUT2D eigenvalue weighted by Crippen LogP contribution is 2.38. The Bertz CT molecular complexity index is 694. The van der Waals surface area contributed by atoms with Gasteiger partial charge in [0.1, 0.15) is 0 Å². The molecule has 0 amide bonds. The fourth-order valence-corrected chi connectivity index (χ4v) is 4.99. The van der Waals surface area contributed by atoms with Crippen LogP contribution in [0.25, 0.3) is 10.1 Å². The standard InChI is InChI=1S/C15H14BrNS2/c1-9-7-13(19-15(9)16)14(17-2)11-8-18-12-6-4-3-5-10(11)12/h3-8,14,17H,1-2H3. The summed E-state index contributed by atoms with van der Waals surface area (Å²) in [6.07, 6.45) is 0. The van der Waals surface area contributed by atoms with E-state index in [0.29, 0.717) is 0 Å². The maximum atomic E-state index is 3.62. The molecule has 1 nitrogen and oxygen atoms in total. The van der Waals surface area contributed by atoms with Crippen LogP contribution in [-0.4, -0.2) is 7.05 Å². The summed E-state index contributed by atoms with van der Waals surface area (Å²) in [6, 6.07) is 11.1. The minimum atomic E-state index is 0.270. The molecule has 0 aliphatic heterocycles. The van der Waals surface area contributed by atoms with Crippen molar-refractivity contribution < 1.29 is 0 Å². The maximum absolute atomic E-state index is 3.62. The number of fused-ring (bicyclic) bond motifs is 1. The molecule has 3 aromatic rings. The van der Waals surface area contributed by atoms with Crippen molar-refractivity contribution in [1.82, 2.24) is 5.32 Å². The molecule has 0 radical (unpaired) electrons. The number of halogens is 1. The second-order valence-corrected chi connectivity index (χ2v) is 7.83. The molecule has 1 atom stereocenters. The van der Waals surface area contributed by atoms with Gasteiger partial charge in [-0.3, -0.25) is 0 Å². The van der Waals surface area contributed by atoms with Crippen LogP contribution in [0.5, 0.6) is 0 Å². The predicted molar refractivity (Wildman–Crippen MR) is 89.5 cm³/mol. The Labute approximate surface area is 129 Å². The van der Waals surface area contributed by atoms with Gasteiger partial charge in [-0.2, -0.15) is 0 Å². The van der Waals surface area contributed by atoms with Crippen LogP contribution in [0.2, 0.25) is 0 Å². The lowest BCUT2D eigenvalue weighted by Gasteiger charge is -2.14. The molecule has 0 bridgehead atoms. The summed E-state index contributed by atoms with van der Waals surface area (Å²) in [4.78, 5) is 1.36. The van der Waals surface area contributed by atoms with E-state index < -0.39 is 0 Å². The Morgan fingerprint density at radius 2 is 2.05 bits per heavy atom. The maximum Gasteiger partial charge on any atom is 0.0731 e. The number of benzene rings is 1. The summed E-state index contributed by atoms with van der Waals surface area (Å²) in [6.45, 7) is 2.14. The first-order chi connectivity index (χ1) is 9.20. The Morgan fingerprint density at radius 1 is 1.26 bits per heavy atom. The lowest BCUT2D eigenvalue weighted by molar-refractivity contribution is 0.711. The monoisotopic (exact) mass is 351 g/mol.